The molecule has 0 radical (unpaired) electrons. The van der Waals surface area contributed by atoms with E-state index in [1.165, 1.54) is 12.1 Å². The van der Waals surface area contributed by atoms with Gasteiger partial charge in [0.1, 0.15) is 11.9 Å². The van der Waals surface area contributed by atoms with E-state index in [1.807, 2.05) is 0 Å². The van der Waals surface area contributed by atoms with E-state index in [2.05, 4.69) is 10.3 Å². The van der Waals surface area contributed by atoms with Gasteiger partial charge in [0.05, 0.1) is 11.3 Å². The maximum absolute atomic E-state index is 13.6. The molecule has 1 aromatic heterocycles. The highest BCUT2D eigenvalue weighted by Crippen LogP contribution is 2.42. The van der Waals surface area contributed by atoms with Gasteiger partial charge in [-0.3, -0.25) is 4.79 Å². The van der Waals surface area contributed by atoms with Gasteiger partial charge in [-0.05, 0) is 55.8 Å². The standard InChI is InChI=1S/C21H19F3N2O2/c22-21(23,24)18-4-2-1-3-16(18)17-11-19-13(9-14(12-27)26-19)10-20(17)28-15-5-7-25-8-6-15/h1-4,9-12,15,25-26H,5-8H2. The summed E-state index contributed by atoms with van der Waals surface area (Å²) >= 11 is 0. The summed E-state index contributed by atoms with van der Waals surface area (Å²) in [5, 5.41) is 3.97. The van der Waals surface area contributed by atoms with E-state index < -0.39 is 11.7 Å². The lowest BCUT2D eigenvalue weighted by Crippen LogP contribution is -2.34. The second-order valence-electron chi connectivity index (χ2n) is 6.89. The third-order valence-electron chi connectivity index (χ3n) is 4.97. The molecule has 1 aliphatic rings. The molecule has 2 aromatic carbocycles. The quantitative estimate of drug-likeness (QED) is 0.632. The number of fused-ring (bicyclic) bond motifs is 1. The number of carbonyl (C=O) groups excluding carboxylic acids is 1. The molecule has 1 fully saturated rings. The molecule has 146 valence electrons. The van der Waals surface area contributed by atoms with Gasteiger partial charge in [-0.2, -0.15) is 13.2 Å². The maximum Gasteiger partial charge on any atom is 0.417 e. The lowest BCUT2D eigenvalue weighted by Gasteiger charge is -2.25. The summed E-state index contributed by atoms with van der Waals surface area (Å²) in [6.07, 6.45) is -2.31. The van der Waals surface area contributed by atoms with Crippen molar-refractivity contribution in [1.29, 1.82) is 0 Å². The van der Waals surface area contributed by atoms with E-state index in [9.17, 15) is 18.0 Å². The van der Waals surface area contributed by atoms with Gasteiger partial charge in [0.15, 0.2) is 6.29 Å². The topological polar surface area (TPSA) is 54.1 Å². The SMILES string of the molecule is O=Cc1cc2cc(OC3CCNCC3)c(-c3ccccc3C(F)(F)F)cc2[nH]1. The molecular weight excluding hydrogens is 369 g/mol. The highest BCUT2D eigenvalue weighted by Gasteiger charge is 2.34. The number of carbonyl (C=O) groups is 1. The van der Waals surface area contributed by atoms with Gasteiger partial charge in [0, 0.05) is 16.5 Å². The second kappa shape index (κ2) is 7.31. The number of alkyl halides is 3. The van der Waals surface area contributed by atoms with Crippen LogP contribution in [0.15, 0.2) is 42.5 Å². The highest BCUT2D eigenvalue weighted by atomic mass is 19.4. The number of piperidine rings is 1. The zero-order valence-corrected chi connectivity index (χ0v) is 15.0. The smallest absolute Gasteiger partial charge is 0.417 e. The van der Waals surface area contributed by atoms with Crippen molar-refractivity contribution in [3.8, 4) is 16.9 Å². The lowest BCUT2D eigenvalue weighted by molar-refractivity contribution is -0.137. The summed E-state index contributed by atoms with van der Waals surface area (Å²) in [5.41, 5.74) is 0.656. The Hall–Kier alpha value is -2.80. The minimum absolute atomic E-state index is 0.0584. The van der Waals surface area contributed by atoms with Crippen molar-refractivity contribution in [3.05, 3.63) is 53.7 Å². The average molecular weight is 388 g/mol. The number of H-pyrrole nitrogens is 1. The largest absolute Gasteiger partial charge is 0.490 e. The van der Waals surface area contributed by atoms with Crippen molar-refractivity contribution in [2.24, 2.45) is 0 Å². The molecule has 0 unspecified atom stereocenters. The number of rotatable bonds is 4. The number of aromatic nitrogens is 1. The molecule has 0 amide bonds. The third-order valence-corrected chi connectivity index (χ3v) is 4.97. The Kier molecular flexibility index (Phi) is 4.85. The minimum atomic E-state index is -4.48. The molecule has 7 heteroatoms. The molecule has 0 spiro atoms. The van der Waals surface area contributed by atoms with Crippen molar-refractivity contribution < 1.29 is 22.7 Å². The van der Waals surface area contributed by atoms with Crippen LogP contribution < -0.4 is 10.1 Å². The predicted molar refractivity (Wildman–Crippen MR) is 101 cm³/mol. The van der Waals surface area contributed by atoms with Crippen LogP contribution in [0.2, 0.25) is 0 Å². The Morgan fingerprint density at radius 2 is 1.79 bits per heavy atom. The van der Waals surface area contributed by atoms with Crippen LogP contribution in [0.25, 0.3) is 22.0 Å². The van der Waals surface area contributed by atoms with E-state index in [4.69, 9.17) is 4.74 Å². The van der Waals surface area contributed by atoms with Crippen LogP contribution in [0, 0.1) is 0 Å². The molecule has 0 atom stereocenters. The van der Waals surface area contributed by atoms with Crippen molar-refractivity contribution in [3.63, 3.8) is 0 Å². The van der Waals surface area contributed by atoms with E-state index >= 15 is 0 Å². The number of aldehydes is 1. The number of benzene rings is 2. The number of nitrogens with one attached hydrogen (secondary N) is 2. The fourth-order valence-electron chi connectivity index (χ4n) is 3.61. The van der Waals surface area contributed by atoms with Crippen molar-refractivity contribution in [2.75, 3.05) is 13.1 Å². The molecule has 2 heterocycles. The average Bonchev–Trinajstić information content (AvgIpc) is 3.09. The zero-order chi connectivity index (χ0) is 19.7. The van der Waals surface area contributed by atoms with E-state index in [0.717, 1.165) is 37.4 Å². The van der Waals surface area contributed by atoms with E-state index in [0.29, 0.717) is 28.8 Å². The molecule has 1 saturated heterocycles. The summed E-state index contributed by atoms with van der Waals surface area (Å²) < 4.78 is 46.9. The summed E-state index contributed by atoms with van der Waals surface area (Å²) in [5.74, 6) is 0.396. The van der Waals surface area contributed by atoms with Crippen LogP contribution in [-0.4, -0.2) is 30.5 Å². The highest BCUT2D eigenvalue weighted by molar-refractivity contribution is 5.93. The Labute approximate surface area is 159 Å². The van der Waals surface area contributed by atoms with Gasteiger partial charge in [0.25, 0.3) is 0 Å². The molecule has 28 heavy (non-hydrogen) atoms. The van der Waals surface area contributed by atoms with Gasteiger partial charge in [0.2, 0.25) is 0 Å². The molecular formula is C21H19F3N2O2. The van der Waals surface area contributed by atoms with Crippen LogP contribution in [0.5, 0.6) is 5.75 Å². The Balaban J connectivity index is 1.88. The molecule has 2 N–H and O–H groups in total. The van der Waals surface area contributed by atoms with Gasteiger partial charge in [-0.25, -0.2) is 0 Å². The Morgan fingerprint density at radius 3 is 2.50 bits per heavy atom. The molecule has 1 aliphatic heterocycles. The molecule has 4 rings (SSSR count). The number of hydrogen-bond donors (Lipinski definition) is 2. The van der Waals surface area contributed by atoms with Crippen LogP contribution in [-0.2, 0) is 6.18 Å². The molecule has 0 aliphatic carbocycles. The van der Waals surface area contributed by atoms with Crippen LogP contribution >= 0.6 is 0 Å². The maximum atomic E-state index is 13.6. The molecule has 0 saturated carbocycles. The lowest BCUT2D eigenvalue weighted by atomic mass is 9.97. The van der Waals surface area contributed by atoms with Gasteiger partial charge < -0.3 is 15.0 Å². The zero-order valence-electron chi connectivity index (χ0n) is 15.0. The van der Waals surface area contributed by atoms with Crippen LogP contribution in [0.1, 0.15) is 28.9 Å². The summed E-state index contributed by atoms with van der Waals surface area (Å²) in [4.78, 5) is 14.0. The molecule has 0 bridgehead atoms. The van der Waals surface area contributed by atoms with Gasteiger partial charge in [-0.1, -0.05) is 18.2 Å². The Morgan fingerprint density at radius 1 is 1.04 bits per heavy atom. The van der Waals surface area contributed by atoms with Gasteiger partial charge >= 0.3 is 6.18 Å². The Bertz CT molecular complexity index is 1000. The first-order chi connectivity index (χ1) is 13.5. The van der Waals surface area contributed by atoms with Gasteiger partial charge in [-0.15, -0.1) is 0 Å². The number of ether oxygens (including phenoxy) is 1. The van der Waals surface area contributed by atoms with Crippen molar-refractivity contribution >= 4 is 17.2 Å². The summed E-state index contributed by atoms with van der Waals surface area (Å²) in [6, 6.07) is 10.5. The monoisotopic (exact) mass is 388 g/mol. The summed E-state index contributed by atoms with van der Waals surface area (Å²) in [7, 11) is 0. The third kappa shape index (κ3) is 3.62. The van der Waals surface area contributed by atoms with Crippen molar-refractivity contribution in [1.82, 2.24) is 10.3 Å². The van der Waals surface area contributed by atoms with E-state index in [1.54, 1.807) is 24.3 Å². The fraction of sp³-hybridized carbons (Fsp3) is 0.286. The first kappa shape index (κ1) is 18.6. The second-order valence-corrected chi connectivity index (χ2v) is 6.89. The first-order valence-corrected chi connectivity index (χ1v) is 9.11. The predicted octanol–water partition coefficient (Wildman–Crippen LogP) is 4.80. The summed E-state index contributed by atoms with van der Waals surface area (Å²) in [6.45, 7) is 1.61. The molecule has 3 aromatic rings. The number of hydrogen-bond acceptors (Lipinski definition) is 3. The number of aromatic amines is 1. The van der Waals surface area contributed by atoms with Crippen LogP contribution in [0.3, 0.4) is 0 Å². The van der Waals surface area contributed by atoms with E-state index in [-0.39, 0.29) is 11.7 Å². The fourth-order valence-corrected chi connectivity index (χ4v) is 3.61. The van der Waals surface area contributed by atoms with Crippen molar-refractivity contribution in [2.45, 2.75) is 25.1 Å². The molecule has 4 nitrogen and oxygen atoms in total. The number of halogens is 3. The van der Waals surface area contributed by atoms with Crippen LogP contribution in [0.4, 0.5) is 13.2 Å². The normalized spacial score (nSPS) is 15.7. The minimum Gasteiger partial charge on any atom is -0.490 e. The first-order valence-electron chi connectivity index (χ1n) is 9.11.